The minimum atomic E-state index is -0.462. The number of aromatic amines is 1. The molecule has 2 N–H and O–H groups in total. The lowest BCUT2D eigenvalue weighted by molar-refractivity contribution is -0.384. The Morgan fingerprint density at radius 3 is 2.73 bits per heavy atom. The molecule has 0 saturated carbocycles. The number of fused-ring (bicyclic) bond motifs is 1. The highest BCUT2D eigenvalue weighted by molar-refractivity contribution is 6.34. The normalized spacial score (nSPS) is 11.1. The molecule has 110 valence electrons. The SMILES string of the molecule is O=[N+]([O-])c1ccccc1N/N=C/c1c(Cl)[nH]c2ccccc12. The van der Waals surface area contributed by atoms with Crippen LogP contribution in [0.4, 0.5) is 11.4 Å². The van der Waals surface area contributed by atoms with Crippen molar-refractivity contribution in [3.8, 4) is 0 Å². The summed E-state index contributed by atoms with van der Waals surface area (Å²) < 4.78 is 0. The van der Waals surface area contributed by atoms with Crippen LogP contribution in [-0.2, 0) is 0 Å². The second-order valence-corrected chi connectivity index (χ2v) is 4.92. The van der Waals surface area contributed by atoms with Gasteiger partial charge in [0.1, 0.15) is 10.8 Å². The molecular weight excluding hydrogens is 304 g/mol. The van der Waals surface area contributed by atoms with Gasteiger partial charge in [-0.25, -0.2) is 0 Å². The summed E-state index contributed by atoms with van der Waals surface area (Å²) >= 11 is 6.15. The number of para-hydroxylation sites is 3. The van der Waals surface area contributed by atoms with E-state index in [9.17, 15) is 10.1 Å². The topological polar surface area (TPSA) is 83.3 Å². The zero-order valence-corrected chi connectivity index (χ0v) is 12.0. The number of hydrogen-bond donors (Lipinski definition) is 2. The Bertz CT molecular complexity index is 873. The summed E-state index contributed by atoms with van der Waals surface area (Å²) in [7, 11) is 0. The summed E-state index contributed by atoms with van der Waals surface area (Å²) in [5.41, 5.74) is 4.59. The van der Waals surface area contributed by atoms with Crippen molar-refractivity contribution in [2.75, 3.05) is 5.43 Å². The molecule has 2 aromatic carbocycles. The molecule has 0 fully saturated rings. The smallest absolute Gasteiger partial charge is 0.294 e. The van der Waals surface area contributed by atoms with Gasteiger partial charge in [-0.05, 0) is 12.1 Å². The maximum atomic E-state index is 10.9. The summed E-state index contributed by atoms with van der Waals surface area (Å²) in [4.78, 5) is 13.5. The summed E-state index contributed by atoms with van der Waals surface area (Å²) in [6, 6.07) is 13.9. The van der Waals surface area contributed by atoms with Crippen molar-refractivity contribution in [2.45, 2.75) is 0 Å². The van der Waals surface area contributed by atoms with Crippen LogP contribution in [0.3, 0.4) is 0 Å². The number of nitrogens with zero attached hydrogens (tertiary/aromatic N) is 2. The van der Waals surface area contributed by atoms with Crippen molar-refractivity contribution >= 4 is 40.1 Å². The number of aromatic nitrogens is 1. The Kier molecular flexibility index (Phi) is 3.76. The van der Waals surface area contributed by atoms with Crippen molar-refractivity contribution in [3.05, 3.63) is 69.4 Å². The van der Waals surface area contributed by atoms with E-state index in [2.05, 4.69) is 15.5 Å². The van der Waals surface area contributed by atoms with Gasteiger partial charge in [-0.3, -0.25) is 15.5 Å². The number of nitrogens with one attached hydrogen (secondary N) is 2. The molecule has 22 heavy (non-hydrogen) atoms. The van der Waals surface area contributed by atoms with Gasteiger partial charge in [0.25, 0.3) is 5.69 Å². The van der Waals surface area contributed by atoms with Gasteiger partial charge in [-0.15, -0.1) is 0 Å². The molecule has 1 heterocycles. The molecule has 0 unspecified atom stereocenters. The maximum absolute atomic E-state index is 10.9. The molecule has 0 spiro atoms. The molecule has 3 aromatic rings. The Morgan fingerprint density at radius 2 is 1.91 bits per heavy atom. The number of anilines is 1. The highest BCUT2D eigenvalue weighted by Gasteiger charge is 2.11. The maximum Gasteiger partial charge on any atom is 0.294 e. The van der Waals surface area contributed by atoms with E-state index < -0.39 is 4.92 Å². The van der Waals surface area contributed by atoms with Crippen LogP contribution in [0.15, 0.2) is 53.6 Å². The third-order valence-corrected chi connectivity index (χ3v) is 3.48. The molecule has 0 aliphatic rings. The highest BCUT2D eigenvalue weighted by atomic mass is 35.5. The molecule has 0 bridgehead atoms. The second-order valence-electron chi connectivity index (χ2n) is 4.54. The minimum absolute atomic E-state index is 0.0373. The monoisotopic (exact) mass is 314 g/mol. The van der Waals surface area contributed by atoms with E-state index in [4.69, 9.17) is 11.6 Å². The molecule has 0 amide bonds. The summed E-state index contributed by atoms with van der Waals surface area (Å²) in [5, 5.41) is 16.4. The lowest BCUT2D eigenvalue weighted by Gasteiger charge is -2.00. The number of hydrazone groups is 1. The molecule has 0 aliphatic heterocycles. The first-order chi connectivity index (χ1) is 10.7. The average molecular weight is 315 g/mol. The fraction of sp³-hybridized carbons (Fsp3) is 0. The lowest BCUT2D eigenvalue weighted by atomic mass is 10.2. The van der Waals surface area contributed by atoms with Crippen LogP contribution in [-0.4, -0.2) is 16.1 Å². The van der Waals surface area contributed by atoms with Gasteiger partial charge in [0.2, 0.25) is 0 Å². The van der Waals surface area contributed by atoms with Gasteiger partial charge < -0.3 is 4.98 Å². The summed E-state index contributed by atoms with van der Waals surface area (Å²) in [6.07, 6.45) is 1.54. The van der Waals surface area contributed by atoms with Gasteiger partial charge in [-0.1, -0.05) is 41.9 Å². The van der Waals surface area contributed by atoms with Crippen LogP contribution in [0, 0.1) is 10.1 Å². The molecule has 7 heteroatoms. The quantitative estimate of drug-likeness (QED) is 0.430. The number of rotatable bonds is 4. The van der Waals surface area contributed by atoms with Crippen LogP contribution in [0.2, 0.25) is 5.15 Å². The predicted octanol–water partition coefficient (Wildman–Crippen LogP) is 4.18. The zero-order valence-electron chi connectivity index (χ0n) is 11.3. The van der Waals surface area contributed by atoms with Gasteiger partial charge in [0.15, 0.2) is 0 Å². The molecule has 6 nitrogen and oxygen atoms in total. The van der Waals surface area contributed by atoms with Crippen molar-refractivity contribution in [1.29, 1.82) is 0 Å². The van der Waals surface area contributed by atoms with Crippen molar-refractivity contribution in [1.82, 2.24) is 4.98 Å². The first-order valence-corrected chi connectivity index (χ1v) is 6.83. The van der Waals surface area contributed by atoms with Crippen molar-refractivity contribution in [3.63, 3.8) is 0 Å². The Hall–Kier alpha value is -2.86. The second kappa shape index (κ2) is 5.87. The number of benzene rings is 2. The largest absolute Gasteiger partial charge is 0.345 e. The van der Waals surface area contributed by atoms with Gasteiger partial charge in [0.05, 0.1) is 11.1 Å². The van der Waals surface area contributed by atoms with E-state index in [1.165, 1.54) is 12.3 Å². The molecule has 1 aromatic heterocycles. The van der Waals surface area contributed by atoms with Gasteiger partial charge in [0, 0.05) is 22.5 Å². The van der Waals surface area contributed by atoms with Crippen LogP contribution in [0.5, 0.6) is 0 Å². The lowest BCUT2D eigenvalue weighted by Crippen LogP contribution is -1.96. The summed E-state index contributed by atoms with van der Waals surface area (Å²) in [5.74, 6) is 0. The third kappa shape index (κ3) is 2.64. The summed E-state index contributed by atoms with van der Waals surface area (Å²) in [6.45, 7) is 0. The third-order valence-electron chi connectivity index (χ3n) is 3.18. The van der Waals surface area contributed by atoms with Crippen LogP contribution < -0.4 is 5.43 Å². The molecule has 0 aliphatic carbocycles. The first-order valence-electron chi connectivity index (χ1n) is 6.45. The zero-order chi connectivity index (χ0) is 15.5. The van der Waals surface area contributed by atoms with Gasteiger partial charge in [-0.2, -0.15) is 5.10 Å². The Balaban J connectivity index is 1.89. The fourth-order valence-corrected chi connectivity index (χ4v) is 2.40. The minimum Gasteiger partial charge on any atom is -0.345 e. The van der Waals surface area contributed by atoms with E-state index in [0.717, 1.165) is 16.5 Å². The molecule has 0 radical (unpaired) electrons. The Labute approximate surface area is 130 Å². The van der Waals surface area contributed by atoms with E-state index in [1.54, 1.807) is 18.2 Å². The number of halogens is 1. The Morgan fingerprint density at radius 1 is 1.18 bits per heavy atom. The first kappa shape index (κ1) is 14.1. The standard InChI is InChI=1S/C15H11ClN4O2/c16-15-11(10-5-1-2-6-12(10)18-15)9-17-19-13-7-3-4-8-14(13)20(21)22/h1-9,18-19H/b17-9+. The van der Waals surface area contributed by atoms with Crippen LogP contribution >= 0.6 is 11.6 Å². The molecule has 0 atom stereocenters. The van der Waals surface area contributed by atoms with E-state index in [-0.39, 0.29) is 5.69 Å². The number of nitro groups is 1. The van der Waals surface area contributed by atoms with E-state index in [0.29, 0.717) is 10.8 Å². The molecule has 0 saturated heterocycles. The molecule has 3 rings (SSSR count). The van der Waals surface area contributed by atoms with Crippen molar-refractivity contribution in [2.24, 2.45) is 5.10 Å². The van der Waals surface area contributed by atoms with Crippen LogP contribution in [0.25, 0.3) is 10.9 Å². The van der Waals surface area contributed by atoms with E-state index >= 15 is 0 Å². The van der Waals surface area contributed by atoms with E-state index in [1.807, 2.05) is 24.3 Å². The number of H-pyrrole nitrogens is 1. The fourth-order valence-electron chi connectivity index (χ4n) is 2.15. The number of hydrogen-bond acceptors (Lipinski definition) is 4. The predicted molar refractivity (Wildman–Crippen MR) is 87.6 cm³/mol. The molecular formula is C15H11ClN4O2. The van der Waals surface area contributed by atoms with Crippen molar-refractivity contribution < 1.29 is 4.92 Å². The average Bonchev–Trinajstić information content (AvgIpc) is 2.83. The highest BCUT2D eigenvalue weighted by Crippen LogP contribution is 2.25. The number of nitro benzene ring substituents is 1. The van der Waals surface area contributed by atoms with Gasteiger partial charge >= 0.3 is 0 Å². The van der Waals surface area contributed by atoms with Crippen LogP contribution in [0.1, 0.15) is 5.56 Å².